The number of nitrogens with one attached hydrogen (secondary N) is 1. The molecule has 18 heavy (non-hydrogen) atoms. The van der Waals surface area contributed by atoms with Gasteiger partial charge in [0.2, 0.25) is 0 Å². The van der Waals surface area contributed by atoms with Crippen LogP contribution in [0, 0.1) is 6.92 Å². The van der Waals surface area contributed by atoms with Gasteiger partial charge in [-0.3, -0.25) is 4.79 Å². The maximum atomic E-state index is 11.8. The Labute approximate surface area is 113 Å². The standard InChI is InChI=1S/C11H8Cl2N4O/c1-6-4-10(13)14-5-8(6)15-11(18)7-2-3-9(12)17-16-7/h2-5H,1H3,(H,15,18). The van der Waals surface area contributed by atoms with Crippen LogP contribution in [0.3, 0.4) is 0 Å². The average molecular weight is 283 g/mol. The topological polar surface area (TPSA) is 67.8 Å². The Bertz CT molecular complexity index is 586. The summed E-state index contributed by atoms with van der Waals surface area (Å²) in [4.78, 5) is 15.7. The molecule has 92 valence electrons. The normalized spacial score (nSPS) is 10.2. The Morgan fingerprint density at radius 1 is 1.22 bits per heavy atom. The monoisotopic (exact) mass is 282 g/mol. The van der Waals surface area contributed by atoms with Gasteiger partial charge in [-0.25, -0.2) is 4.98 Å². The van der Waals surface area contributed by atoms with E-state index in [1.807, 2.05) is 6.92 Å². The zero-order valence-corrected chi connectivity index (χ0v) is 10.8. The first-order valence-corrected chi connectivity index (χ1v) is 5.74. The molecule has 0 aliphatic heterocycles. The van der Waals surface area contributed by atoms with Crippen molar-refractivity contribution in [3.8, 4) is 0 Å². The first-order valence-electron chi connectivity index (χ1n) is 4.99. The lowest BCUT2D eigenvalue weighted by Crippen LogP contribution is -2.15. The number of aromatic nitrogens is 3. The molecule has 0 radical (unpaired) electrons. The number of halogens is 2. The molecular formula is C11H8Cl2N4O. The van der Waals surface area contributed by atoms with Gasteiger partial charge in [-0.2, -0.15) is 0 Å². The molecule has 0 saturated heterocycles. The first-order chi connectivity index (χ1) is 8.56. The molecule has 0 aliphatic carbocycles. The van der Waals surface area contributed by atoms with Crippen molar-refractivity contribution in [2.24, 2.45) is 0 Å². The van der Waals surface area contributed by atoms with Gasteiger partial charge >= 0.3 is 0 Å². The molecule has 0 saturated carbocycles. The molecule has 0 aliphatic rings. The van der Waals surface area contributed by atoms with Gasteiger partial charge in [0.05, 0.1) is 11.9 Å². The van der Waals surface area contributed by atoms with Crippen molar-refractivity contribution in [2.45, 2.75) is 6.92 Å². The number of rotatable bonds is 2. The number of anilines is 1. The second-order valence-electron chi connectivity index (χ2n) is 3.52. The summed E-state index contributed by atoms with van der Waals surface area (Å²) >= 11 is 11.3. The molecule has 2 aromatic rings. The molecule has 1 amide bonds. The van der Waals surface area contributed by atoms with Crippen LogP contribution in [0.5, 0.6) is 0 Å². The maximum Gasteiger partial charge on any atom is 0.276 e. The lowest BCUT2D eigenvalue weighted by molar-refractivity contribution is 0.102. The minimum Gasteiger partial charge on any atom is -0.319 e. The fraction of sp³-hybridized carbons (Fsp3) is 0.0909. The van der Waals surface area contributed by atoms with E-state index in [1.165, 1.54) is 18.3 Å². The number of amides is 1. The third kappa shape index (κ3) is 2.94. The second kappa shape index (κ2) is 5.29. The predicted molar refractivity (Wildman–Crippen MR) is 69.0 cm³/mol. The molecule has 2 aromatic heterocycles. The highest BCUT2D eigenvalue weighted by Crippen LogP contribution is 2.17. The lowest BCUT2D eigenvalue weighted by Gasteiger charge is -2.07. The highest BCUT2D eigenvalue weighted by Gasteiger charge is 2.10. The van der Waals surface area contributed by atoms with E-state index in [-0.39, 0.29) is 16.8 Å². The van der Waals surface area contributed by atoms with Gasteiger partial charge in [-0.1, -0.05) is 23.2 Å². The van der Waals surface area contributed by atoms with Gasteiger partial charge in [0.25, 0.3) is 5.91 Å². The number of carbonyl (C=O) groups is 1. The van der Waals surface area contributed by atoms with Crippen molar-refractivity contribution < 1.29 is 4.79 Å². The van der Waals surface area contributed by atoms with Crippen LogP contribution >= 0.6 is 23.2 Å². The van der Waals surface area contributed by atoms with Crippen molar-refractivity contribution in [1.82, 2.24) is 15.2 Å². The third-order valence-electron chi connectivity index (χ3n) is 2.19. The van der Waals surface area contributed by atoms with E-state index in [2.05, 4.69) is 20.5 Å². The van der Waals surface area contributed by atoms with E-state index in [0.29, 0.717) is 10.8 Å². The molecule has 0 unspecified atom stereocenters. The van der Waals surface area contributed by atoms with E-state index in [9.17, 15) is 4.79 Å². The molecule has 0 fully saturated rings. The Hall–Kier alpha value is -1.72. The van der Waals surface area contributed by atoms with Crippen LogP contribution in [0.2, 0.25) is 10.3 Å². The molecule has 1 N–H and O–H groups in total. The highest BCUT2D eigenvalue weighted by atomic mass is 35.5. The average Bonchev–Trinajstić information content (AvgIpc) is 2.33. The summed E-state index contributed by atoms with van der Waals surface area (Å²) in [5.41, 5.74) is 1.56. The summed E-state index contributed by atoms with van der Waals surface area (Å²) in [7, 11) is 0. The van der Waals surface area contributed by atoms with Crippen molar-refractivity contribution in [1.29, 1.82) is 0 Å². The van der Waals surface area contributed by atoms with Crippen molar-refractivity contribution >= 4 is 34.8 Å². The summed E-state index contributed by atoms with van der Waals surface area (Å²) in [6, 6.07) is 4.64. The summed E-state index contributed by atoms with van der Waals surface area (Å²) < 4.78 is 0. The van der Waals surface area contributed by atoms with Crippen molar-refractivity contribution in [3.05, 3.63) is 46.0 Å². The molecule has 5 nitrogen and oxygen atoms in total. The number of hydrogen-bond acceptors (Lipinski definition) is 4. The number of nitrogens with zero attached hydrogens (tertiary/aromatic N) is 3. The molecule has 0 atom stereocenters. The van der Waals surface area contributed by atoms with Gasteiger partial charge in [0.15, 0.2) is 10.8 Å². The van der Waals surface area contributed by atoms with E-state index < -0.39 is 0 Å². The van der Waals surface area contributed by atoms with E-state index in [1.54, 1.807) is 6.07 Å². The molecule has 0 bridgehead atoms. The Morgan fingerprint density at radius 3 is 2.61 bits per heavy atom. The summed E-state index contributed by atoms with van der Waals surface area (Å²) in [5, 5.41) is 10.5. The first kappa shape index (κ1) is 12.7. The Morgan fingerprint density at radius 2 is 2.00 bits per heavy atom. The number of pyridine rings is 1. The largest absolute Gasteiger partial charge is 0.319 e. The van der Waals surface area contributed by atoms with Gasteiger partial charge in [-0.05, 0) is 30.7 Å². The van der Waals surface area contributed by atoms with Crippen LogP contribution in [0.4, 0.5) is 5.69 Å². The smallest absolute Gasteiger partial charge is 0.276 e. The van der Waals surface area contributed by atoms with Gasteiger partial charge in [0.1, 0.15) is 5.15 Å². The minimum absolute atomic E-state index is 0.175. The van der Waals surface area contributed by atoms with E-state index in [0.717, 1.165) is 5.56 Å². The Kier molecular flexibility index (Phi) is 3.74. The molecular weight excluding hydrogens is 275 g/mol. The predicted octanol–water partition coefficient (Wildman–Crippen LogP) is 2.74. The summed E-state index contributed by atoms with van der Waals surface area (Å²) in [6.45, 7) is 1.82. The highest BCUT2D eigenvalue weighted by molar-refractivity contribution is 6.29. The molecule has 7 heteroatoms. The maximum absolute atomic E-state index is 11.8. The van der Waals surface area contributed by atoms with Crippen LogP contribution in [-0.4, -0.2) is 21.1 Å². The lowest BCUT2D eigenvalue weighted by atomic mass is 10.2. The zero-order valence-electron chi connectivity index (χ0n) is 9.32. The SMILES string of the molecule is Cc1cc(Cl)ncc1NC(=O)c1ccc(Cl)nn1. The zero-order chi connectivity index (χ0) is 13.1. The van der Waals surface area contributed by atoms with Crippen molar-refractivity contribution in [3.63, 3.8) is 0 Å². The van der Waals surface area contributed by atoms with Crippen LogP contribution in [0.25, 0.3) is 0 Å². The molecule has 0 aromatic carbocycles. The third-order valence-corrected chi connectivity index (χ3v) is 2.60. The fourth-order valence-corrected chi connectivity index (χ4v) is 1.59. The van der Waals surface area contributed by atoms with E-state index >= 15 is 0 Å². The summed E-state index contributed by atoms with van der Waals surface area (Å²) in [6.07, 6.45) is 1.49. The molecule has 2 heterocycles. The summed E-state index contributed by atoms with van der Waals surface area (Å²) in [5.74, 6) is -0.383. The molecule has 0 spiro atoms. The quantitative estimate of drug-likeness (QED) is 0.860. The molecule has 2 rings (SSSR count). The van der Waals surface area contributed by atoms with Crippen LogP contribution in [-0.2, 0) is 0 Å². The number of hydrogen-bond donors (Lipinski definition) is 1. The number of carbonyl (C=O) groups excluding carboxylic acids is 1. The van der Waals surface area contributed by atoms with E-state index in [4.69, 9.17) is 23.2 Å². The number of aryl methyl sites for hydroxylation is 1. The van der Waals surface area contributed by atoms with Gasteiger partial charge < -0.3 is 5.32 Å². The minimum atomic E-state index is -0.383. The van der Waals surface area contributed by atoms with Crippen LogP contribution < -0.4 is 5.32 Å². The van der Waals surface area contributed by atoms with Crippen LogP contribution in [0.1, 0.15) is 16.1 Å². The second-order valence-corrected chi connectivity index (χ2v) is 4.29. The fourth-order valence-electron chi connectivity index (χ4n) is 1.28. The Balaban J connectivity index is 2.18. The van der Waals surface area contributed by atoms with Crippen molar-refractivity contribution in [2.75, 3.05) is 5.32 Å². The van der Waals surface area contributed by atoms with Gasteiger partial charge in [-0.15, -0.1) is 10.2 Å². The van der Waals surface area contributed by atoms with Gasteiger partial charge in [0, 0.05) is 0 Å². The van der Waals surface area contributed by atoms with Crippen LogP contribution in [0.15, 0.2) is 24.4 Å².